The Morgan fingerprint density at radius 1 is 1.05 bits per heavy atom. The van der Waals surface area contributed by atoms with Gasteiger partial charge in [-0.25, -0.2) is 0 Å². The van der Waals surface area contributed by atoms with E-state index >= 15 is 0 Å². The van der Waals surface area contributed by atoms with Gasteiger partial charge in [-0.05, 0) is 65.5 Å². The standard InChI is InChI=1S/C17H34N2/c1-13(2)9-10-19-15-7-6-8-16(19)12-17(11-15)18(5)14(3)4/h13-17H,6-12H2,1-5H3. The van der Waals surface area contributed by atoms with E-state index in [9.17, 15) is 0 Å². The monoisotopic (exact) mass is 266 g/mol. The molecule has 0 aromatic rings. The van der Waals surface area contributed by atoms with Gasteiger partial charge in [0.05, 0.1) is 0 Å². The number of rotatable bonds is 5. The number of hydrogen-bond acceptors (Lipinski definition) is 2. The Kier molecular flexibility index (Phi) is 5.30. The van der Waals surface area contributed by atoms with Gasteiger partial charge >= 0.3 is 0 Å². The lowest BCUT2D eigenvalue weighted by Gasteiger charge is -2.51. The summed E-state index contributed by atoms with van der Waals surface area (Å²) in [5.74, 6) is 0.844. The molecule has 0 radical (unpaired) electrons. The first-order valence-electron chi connectivity index (χ1n) is 8.46. The molecule has 2 fully saturated rings. The number of fused-ring (bicyclic) bond motifs is 2. The topological polar surface area (TPSA) is 6.48 Å². The number of piperidine rings is 2. The molecule has 0 spiro atoms. The predicted octanol–water partition coefficient (Wildman–Crippen LogP) is 3.76. The second-order valence-corrected chi connectivity index (χ2v) is 7.54. The minimum atomic E-state index is 0.688. The van der Waals surface area contributed by atoms with E-state index < -0.39 is 0 Å². The molecule has 2 heterocycles. The predicted molar refractivity (Wildman–Crippen MR) is 83.5 cm³/mol. The van der Waals surface area contributed by atoms with Crippen LogP contribution in [0.1, 0.15) is 66.2 Å². The average molecular weight is 266 g/mol. The summed E-state index contributed by atoms with van der Waals surface area (Å²) >= 11 is 0. The Hall–Kier alpha value is -0.0800. The van der Waals surface area contributed by atoms with Crippen LogP contribution in [0.15, 0.2) is 0 Å². The van der Waals surface area contributed by atoms with Gasteiger partial charge in [0.15, 0.2) is 0 Å². The first-order chi connectivity index (χ1) is 8.99. The van der Waals surface area contributed by atoms with Crippen LogP contribution < -0.4 is 0 Å². The van der Waals surface area contributed by atoms with Crippen LogP contribution in [0.5, 0.6) is 0 Å². The smallest absolute Gasteiger partial charge is 0.0125 e. The SMILES string of the molecule is CC(C)CCN1C2CCCC1CC(N(C)C(C)C)C2. The van der Waals surface area contributed by atoms with Crippen molar-refractivity contribution in [1.82, 2.24) is 9.80 Å². The Labute approximate surface area is 120 Å². The van der Waals surface area contributed by atoms with E-state index in [1.807, 2.05) is 0 Å². The largest absolute Gasteiger partial charge is 0.301 e. The van der Waals surface area contributed by atoms with Gasteiger partial charge in [-0.3, -0.25) is 4.90 Å². The first kappa shape index (κ1) is 15.3. The van der Waals surface area contributed by atoms with Crippen LogP contribution >= 0.6 is 0 Å². The highest BCUT2D eigenvalue weighted by Gasteiger charge is 2.39. The van der Waals surface area contributed by atoms with Crippen LogP contribution in [0.2, 0.25) is 0 Å². The molecule has 2 atom stereocenters. The summed E-state index contributed by atoms with van der Waals surface area (Å²) in [6.07, 6.45) is 8.53. The highest BCUT2D eigenvalue weighted by atomic mass is 15.2. The summed E-state index contributed by atoms with van der Waals surface area (Å²) < 4.78 is 0. The Balaban J connectivity index is 1.96. The van der Waals surface area contributed by atoms with Gasteiger partial charge in [0.1, 0.15) is 0 Å². The van der Waals surface area contributed by atoms with Gasteiger partial charge in [0.25, 0.3) is 0 Å². The number of nitrogens with zero attached hydrogens (tertiary/aromatic N) is 2. The highest BCUT2D eigenvalue weighted by molar-refractivity contribution is 4.95. The van der Waals surface area contributed by atoms with Crippen LogP contribution in [-0.2, 0) is 0 Å². The molecule has 2 aliphatic heterocycles. The van der Waals surface area contributed by atoms with Crippen molar-refractivity contribution in [2.24, 2.45) is 5.92 Å². The van der Waals surface area contributed by atoms with Gasteiger partial charge in [0, 0.05) is 24.2 Å². The molecule has 19 heavy (non-hydrogen) atoms. The third-order valence-electron chi connectivity index (χ3n) is 5.46. The van der Waals surface area contributed by atoms with Gasteiger partial charge in [-0.1, -0.05) is 20.3 Å². The van der Waals surface area contributed by atoms with E-state index in [-0.39, 0.29) is 0 Å². The molecule has 2 bridgehead atoms. The van der Waals surface area contributed by atoms with E-state index in [4.69, 9.17) is 0 Å². The highest BCUT2D eigenvalue weighted by Crippen LogP contribution is 2.36. The molecule has 2 aliphatic rings. The summed E-state index contributed by atoms with van der Waals surface area (Å²) in [4.78, 5) is 5.49. The molecular formula is C17H34N2. The third kappa shape index (κ3) is 3.72. The molecule has 0 aromatic carbocycles. The zero-order valence-corrected chi connectivity index (χ0v) is 13.7. The molecule has 2 saturated heterocycles. The van der Waals surface area contributed by atoms with E-state index in [2.05, 4.69) is 44.5 Å². The maximum absolute atomic E-state index is 2.87. The van der Waals surface area contributed by atoms with E-state index in [1.54, 1.807) is 0 Å². The van der Waals surface area contributed by atoms with Crippen molar-refractivity contribution in [3.8, 4) is 0 Å². The van der Waals surface area contributed by atoms with E-state index in [0.717, 1.165) is 24.0 Å². The van der Waals surface area contributed by atoms with Crippen molar-refractivity contribution in [3.63, 3.8) is 0 Å². The molecule has 0 saturated carbocycles. The van der Waals surface area contributed by atoms with Gasteiger partial charge in [-0.15, -0.1) is 0 Å². The molecule has 0 aliphatic carbocycles. The van der Waals surface area contributed by atoms with Crippen LogP contribution in [0.3, 0.4) is 0 Å². The Bertz CT molecular complexity index is 260. The first-order valence-corrected chi connectivity index (χ1v) is 8.46. The van der Waals surface area contributed by atoms with Crippen molar-refractivity contribution in [2.75, 3.05) is 13.6 Å². The lowest BCUT2D eigenvalue weighted by Crippen LogP contribution is -2.57. The third-order valence-corrected chi connectivity index (χ3v) is 5.46. The quantitative estimate of drug-likeness (QED) is 0.747. The fourth-order valence-electron chi connectivity index (χ4n) is 3.98. The summed E-state index contributed by atoms with van der Waals surface area (Å²) in [5, 5.41) is 0. The van der Waals surface area contributed by atoms with Gasteiger partial charge in [-0.2, -0.15) is 0 Å². The zero-order chi connectivity index (χ0) is 14.0. The fourth-order valence-corrected chi connectivity index (χ4v) is 3.98. The van der Waals surface area contributed by atoms with Crippen LogP contribution in [0.4, 0.5) is 0 Å². The van der Waals surface area contributed by atoms with Crippen molar-refractivity contribution in [1.29, 1.82) is 0 Å². The van der Waals surface area contributed by atoms with Crippen LogP contribution in [-0.4, -0.2) is 47.6 Å². The normalized spacial score (nSPS) is 32.5. The number of hydrogen-bond donors (Lipinski definition) is 0. The lowest BCUT2D eigenvalue weighted by molar-refractivity contribution is -0.0111. The lowest BCUT2D eigenvalue weighted by atomic mass is 9.80. The van der Waals surface area contributed by atoms with Gasteiger partial charge < -0.3 is 4.90 Å². The molecule has 2 rings (SSSR count). The minimum Gasteiger partial charge on any atom is -0.301 e. The molecular weight excluding hydrogens is 232 g/mol. The van der Waals surface area contributed by atoms with Crippen LogP contribution in [0.25, 0.3) is 0 Å². The van der Waals surface area contributed by atoms with Crippen LogP contribution in [0, 0.1) is 5.92 Å². The minimum absolute atomic E-state index is 0.688. The van der Waals surface area contributed by atoms with E-state index in [0.29, 0.717) is 6.04 Å². The zero-order valence-electron chi connectivity index (χ0n) is 13.7. The molecule has 2 heteroatoms. The summed E-state index contributed by atoms with van der Waals surface area (Å²) in [6.45, 7) is 10.7. The Morgan fingerprint density at radius 2 is 1.63 bits per heavy atom. The van der Waals surface area contributed by atoms with Crippen molar-refractivity contribution in [3.05, 3.63) is 0 Å². The van der Waals surface area contributed by atoms with E-state index in [1.165, 1.54) is 45.1 Å². The van der Waals surface area contributed by atoms with Crippen molar-refractivity contribution >= 4 is 0 Å². The molecule has 2 nitrogen and oxygen atoms in total. The molecule has 0 aromatic heterocycles. The maximum Gasteiger partial charge on any atom is 0.0125 e. The van der Waals surface area contributed by atoms with Crippen molar-refractivity contribution < 1.29 is 0 Å². The average Bonchev–Trinajstić information content (AvgIpc) is 2.34. The summed E-state index contributed by atoms with van der Waals surface area (Å²) in [7, 11) is 2.33. The molecule has 112 valence electrons. The molecule has 0 amide bonds. The summed E-state index contributed by atoms with van der Waals surface area (Å²) in [6, 6.07) is 3.26. The summed E-state index contributed by atoms with van der Waals surface area (Å²) in [5.41, 5.74) is 0. The van der Waals surface area contributed by atoms with Gasteiger partial charge in [0.2, 0.25) is 0 Å². The fraction of sp³-hybridized carbons (Fsp3) is 1.00. The Morgan fingerprint density at radius 3 is 2.11 bits per heavy atom. The van der Waals surface area contributed by atoms with Crippen molar-refractivity contribution in [2.45, 2.75) is 90.4 Å². The maximum atomic E-state index is 2.87. The molecule has 0 N–H and O–H groups in total. The second kappa shape index (κ2) is 6.58. The second-order valence-electron chi connectivity index (χ2n) is 7.54. The molecule has 2 unspecified atom stereocenters.